The molecule has 1 amide bonds. The van der Waals surface area contributed by atoms with Gasteiger partial charge in [0, 0.05) is 31.7 Å². The number of amides is 1. The number of ketones is 1. The van der Waals surface area contributed by atoms with Crippen LogP contribution in [-0.2, 0) is 33.3 Å². The number of cyclic esters (lactones) is 1. The first-order valence-electron chi connectivity index (χ1n) is 17.3. The SMILES string of the molecule is CC[C@H]1OC(=O)C(C)C(=O)[C@H](C)[C@@H](OC2OC(CN(C)CC)CC(N(C)C)C2O)[C@](C)(OC)CCCN(C)[C@H](C)[C@H]2NC(=O)O[C@@]21C. The number of aliphatic hydroxyl groups is 1. The minimum atomic E-state index is -1.14. The molecule has 0 aromatic carbocycles. The first-order chi connectivity index (χ1) is 21.9. The van der Waals surface area contributed by atoms with Gasteiger partial charge < -0.3 is 48.8 Å². The predicted molar refractivity (Wildman–Crippen MR) is 177 cm³/mol. The molecular formula is C34H62N4O9. The molecule has 0 radical (unpaired) electrons. The van der Waals surface area contributed by atoms with Crippen LogP contribution in [-0.4, -0.2) is 153 Å². The summed E-state index contributed by atoms with van der Waals surface area (Å²) in [4.78, 5) is 46.6. The second-order valence-electron chi connectivity index (χ2n) is 14.6. The smallest absolute Gasteiger partial charge is 0.408 e. The maximum absolute atomic E-state index is 14.1. The Kier molecular flexibility index (Phi) is 13.7. The molecule has 272 valence electrons. The number of methoxy groups -OCH3 is 1. The number of carbonyl (C=O) groups excluding carboxylic acids is 3. The van der Waals surface area contributed by atoms with Crippen LogP contribution in [0.3, 0.4) is 0 Å². The van der Waals surface area contributed by atoms with Gasteiger partial charge in [0.1, 0.15) is 18.1 Å². The maximum atomic E-state index is 14.1. The highest BCUT2D eigenvalue weighted by Crippen LogP contribution is 2.37. The Morgan fingerprint density at radius 2 is 1.77 bits per heavy atom. The van der Waals surface area contributed by atoms with Crippen molar-refractivity contribution in [3.05, 3.63) is 0 Å². The van der Waals surface area contributed by atoms with E-state index in [0.717, 1.165) is 6.54 Å². The summed E-state index contributed by atoms with van der Waals surface area (Å²) >= 11 is 0. The van der Waals surface area contributed by atoms with Crippen LogP contribution in [0.2, 0.25) is 0 Å². The Bertz CT molecular complexity index is 1080. The molecular weight excluding hydrogens is 608 g/mol. The van der Waals surface area contributed by atoms with E-state index in [-0.39, 0.29) is 24.0 Å². The molecule has 47 heavy (non-hydrogen) atoms. The third kappa shape index (κ3) is 8.66. The molecule has 13 heteroatoms. The lowest BCUT2D eigenvalue weighted by atomic mass is 9.80. The van der Waals surface area contributed by atoms with Crippen molar-refractivity contribution in [3.63, 3.8) is 0 Å². The number of likely N-dealkylation sites (N-methyl/N-ethyl adjacent to an activating group) is 3. The quantitative estimate of drug-likeness (QED) is 0.289. The van der Waals surface area contributed by atoms with Gasteiger partial charge in [0.25, 0.3) is 0 Å². The van der Waals surface area contributed by atoms with Crippen LogP contribution in [0, 0.1) is 11.8 Å². The van der Waals surface area contributed by atoms with E-state index < -0.39 is 65.7 Å². The maximum Gasteiger partial charge on any atom is 0.408 e. The molecule has 3 fully saturated rings. The number of fused-ring (bicyclic) bond motifs is 1. The van der Waals surface area contributed by atoms with Crippen LogP contribution >= 0.6 is 0 Å². The zero-order valence-electron chi connectivity index (χ0n) is 30.8. The third-order valence-electron chi connectivity index (χ3n) is 11.1. The summed E-state index contributed by atoms with van der Waals surface area (Å²) in [6.45, 7) is 15.0. The molecule has 0 saturated carbocycles. The van der Waals surface area contributed by atoms with Crippen LogP contribution in [0.5, 0.6) is 0 Å². The highest BCUT2D eigenvalue weighted by atomic mass is 16.7. The number of esters is 1. The molecule has 5 unspecified atom stereocenters. The van der Waals surface area contributed by atoms with Gasteiger partial charge in [0.05, 0.1) is 23.9 Å². The molecule has 0 aromatic rings. The van der Waals surface area contributed by atoms with Gasteiger partial charge in [0.15, 0.2) is 17.7 Å². The van der Waals surface area contributed by atoms with Crippen LogP contribution in [0.4, 0.5) is 4.79 Å². The predicted octanol–water partition coefficient (Wildman–Crippen LogP) is 2.28. The zero-order valence-corrected chi connectivity index (χ0v) is 30.8. The minimum Gasteiger partial charge on any atom is -0.458 e. The highest BCUT2D eigenvalue weighted by Gasteiger charge is 2.56. The molecule has 0 aromatic heterocycles. The number of ether oxygens (including phenoxy) is 5. The van der Waals surface area contributed by atoms with Crippen molar-refractivity contribution in [1.29, 1.82) is 0 Å². The fourth-order valence-corrected chi connectivity index (χ4v) is 7.51. The topological polar surface area (TPSA) is 139 Å². The van der Waals surface area contributed by atoms with Crippen molar-refractivity contribution in [3.8, 4) is 0 Å². The molecule has 13 nitrogen and oxygen atoms in total. The lowest BCUT2D eigenvalue weighted by Crippen LogP contribution is -2.60. The summed E-state index contributed by atoms with van der Waals surface area (Å²) in [6, 6.07) is -0.869. The van der Waals surface area contributed by atoms with Gasteiger partial charge in [-0.3, -0.25) is 9.59 Å². The standard InChI is InChI=1S/C34H62N4O9/c1-13-25-34(7)28(35-32(42)47-34)22(5)38(11)17-15-16-33(6,43-12)29(20(3)26(39)21(4)30(41)45-25)46-31-27(40)24(36(8)9)18-23(44-31)19-37(10)14-2/h20-25,27-29,31,40H,13-19H2,1-12H3,(H,35,42)/t20-,21?,22+,23?,24?,25+,27?,28+,29+,31?,33+,34+/m0/s1. The van der Waals surface area contributed by atoms with Crippen molar-refractivity contribution in [2.75, 3.05) is 54.9 Å². The molecule has 3 aliphatic heterocycles. The van der Waals surface area contributed by atoms with Crippen LogP contribution in [0.25, 0.3) is 0 Å². The summed E-state index contributed by atoms with van der Waals surface area (Å²) in [5.74, 6) is -3.04. The molecule has 3 aliphatic rings. The second kappa shape index (κ2) is 16.2. The highest BCUT2D eigenvalue weighted by molar-refractivity contribution is 6.00. The Morgan fingerprint density at radius 3 is 2.34 bits per heavy atom. The monoisotopic (exact) mass is 670 g/mol. The molecule has 3 rings (SSSR count). The van der Waals surface area contributed by atoms with Gasteiger partial charge >= 0.3 is 12.1 Å². The number of alkyl carbamates (subject to hydrolysis) is 1. The summed E-state index contributed by atoms with van der Waals surface area (Å²) in [6.07, 6.45) is -2.26. The summed E-state index contributed by atoms with van der Waals surface area (Å²) in [7, 11) is 9.44. The second-order valence-corrected chi connectivity index (χ2v) is 14.6. The Hall–Kier alpha value is -1.87. The van der Waals surface area contributed by atoms with Crippen molar-refractivity contribution in [1.82, 2.24) is 20.0 Å². The molecule has 0 aliphatic carbocycles. The number of rotatable bonds is 8. The molecule has 3 saturated heterocycles. The third-order valence-corrected chi connectivity index (χ3v) is 11.1. The number of carbonyl (C=O) groups is 3. The average Bonchev–Trinajstić information content (AvgIpc) is 3.35. The van der Waals surface area contributed by atoms with E-state index >= 15 is 0 Å². The van der Waals surface area contributed by atoms with Crippen LogP contribution in [0.1, 0.15) is 74.1 Å². The van der Waals surface area contributed by atoms with Gasteiger partial charge in [-0.05, 0) is 94.7 Å². The first kappa shape index (κ1) is 39.6. The fourth-order valence-electron chi connectivity index (χ4n) is 7.51. The van der Waals surface area contributed by atoms with Crippen LogP contribution < -0.4 is 5.32 Å². The number of Topliss-reactive ketones (excluding diaryl/α,β-unsaturated/α-hetero) is 1. The molecule has 0 spiro atoms. The van der Waals surface area contributed by atoms with Crippen molar-refractivity contribution < 1.29 is 43.2 Å². The average molecular weight is 671 g/mol. The molecule has 2 N–H and O–H groups in total. The summed E-state index contributed by atoms with van der Waals surface area (Å²) in [5, 5.41) is 14.5. The Labute approximate surface area is 281 Å². The number of hydrogen-bond donors (Lipinski definition) is 2. The minimum absolute atomic E-state index is 0.171. The van der Waals surface area contributed by atoms with E-state index in [0.29, 0.717) is 38.8 Å². The van der Waals surface area contributed by atoms with Gasteiger partial charge in [-0.25, -0.2) is 4.79 Å². The van der Waals surface area contributed by atoms with Crippen molar-refractivity contribution >= 4 is 17.8 Å². The van der Waals surface area contributed by atoms with E-state index in [2.05, 4.69) is 22.0 Å². The zero-order chi connectivity index (χ0) is 35.4. The fraction of sp³-hybridized carbons (Fsp3) is 0.912. The van der Waals surface area contributed by atoms with Gasteiger partial charge in [-0.2, -0.15) is 0 Å². The van der Waals surface area contributed by atoms with Crippen molar-refractivity contribution in [2.45, 2.75) is 134 Å². The van der Waals surface area contributed by atoms with Gasteiger partial charge in [0.2, 0.25) is 0 Å². The Balaban J connectivity index is 2.02. The summed E-state index contributed by atoms with van der Waals surface area (Å²) < 4.78 is 31.1. The molecule has 12 atom stereocenters. The normalized spacial score (nSPS) is 41.6. The number of nitrogens with one attached hydrogen (secondary N) is 1. The van der Waals surface area contributed by atoms with Crippen LogP contribution in [0.15, 0.2) is 0 Å². The van der Waals surface area contributed by atoms with E-state index in [1.165, 1.54) is 6.92 Å². The van der Waals surface area contributed by atoms with E-state index in [9.17, 15) is 19.5 Å². The van der Waals surface area contributed by atoms with Gasteiger partial charge in [-0.15, -0.1) is 0 Å². The Morgan fingerprint density at radius 1 is 1.11 bits per heavy atom. The number of nitrogens with zero attached hydrogens (tertiary/aromatic N) is 3. The van der Waals surface area contributed by atoms with E-state index in [4.69, 9.17) is 23.7 Å². The van der Waals surface area contributed by atoms with E-state index in [1.807, 2.05) is 53.9 Å². The van der Waals surface area contributed by atoms with Gasteiger partial charge in [-0.1, -0.05) is 20.8 Å². The summed E-state index contributed by atoms with van der Waals surface area (Å²) in [5.41, 5.74) is -2.13. The molecule has 3 heterocycles. The first-order valence-corrected chi connectivity index (χ1v) is 17.3. The number of hydrogen-bond acceptors (Lipinski definition) is 12. The number of aliphatic hydroxyl groups excluding tert-OH is 1. The molecule has 0 bridgehead atoms. The lowest BCUT2D eigenvalue weighted by Gasteiger charge is -2.47. The van der Waals surface area contributed by atoms with E-state index in [1.54, 1.807) is 21.0 Å². The van der Waals surface area contributed by atoms with Crippen molar-refractivity contribution in [2.24, 2.45) is 11.8 Å². The largest absolute Gasteiger partial charge is 0.458 e. The lowest BCUT2D eigenvalue weighted by molar-refractivity contribution is -0.298.